The van der Waals surface area contributed by atoms with Crippen molar-refractivity contribution < 1.29 is 47.7 Å². The molecule has 51 heavy (non-hydrogen) atoms. The van der Waals surface area contributed by atoms with Crippen LogP contribution in [0.25, 0.3) is 0 Å². The van der Waals surface area contributed by atoms with E-state index in [0.717, 1.165) is 62.8 Å². The molecule has 0 bridgehead atoms. The lowest BCUT2D eigenvalue weighted by Crippen LogP contribution is -2.30. The fourth-order valence-corrected chi connectivity index (χ4v) is 7.93. The van der Waals surface area contributed by atoms with Crippen LogP contribution < -0.4 is 0 Å². The summed E-state index contributed by atoms with van der Waals surface area (Å²) in [6, 6.07) is 0. The Labute approximate surface area is 303 Å². The molecule has 2 fully saturated rings. The minimum absolute atomic E-state index is 0.165. The summed E-state index contributed by atoms with van der Waals surface area (Å²) < 4.78 is 22.6. The van der Waals surface area contributed by atoms with Crippen molar-refractivity contribution in [2.75, 3.05) is 33.4 Å². The van der Waals surface area contributed by atoms with Crippen LogP contribution >= 0.6 is 0 Å². The molecule has 0 aromatic heterocycles. The third-order valence-electron chi connectivity index (χ3n) is 10.8. The van der Waals surface area contributed by atoms with Gasteiger partial charge in [0.25, 0.3) is 23.6 Å². The van der Waals surface area contributed by atoms with Gasteiger partial charge in [-0.1, -0.05) is 33.1 Å². The van der Waals surface area contributed by atoms with Crippen LogP contribution in [0.1, 0.15) is 105 Å². The number of hydrogen-bond acceptors (Lipinski definition) is 10. The number of carbonyl (C=O) groups excluding carboxylic acids is 6. The zero-order chi connectivity index (χ0) is 37.3. The van der Waals surface area contributed by atoms with Crippen molar-refractivity contribution in [2.45, 2.75) is 117 Å². The summed E-state index contributed by atoms with van der Waals surface area (Å²) in [5.74, 6) is 2.68. The molecular weight excluding hydrogens is 656 g/mol. The van der Waals surface area contributed by atoms with Gasteiger partial charge in [-0.2, -0.15) is 0 Å². The van der Waals surface area contributed by atoms with Gasteiger partial charge in [0, 0.05) is 57.3 Å². The van der Waals surface area contributed by atoms with Crippen LogP contribution in [0.4, 0.5) is 0 Å². The number of esters is 1. The first-order valence-corrected chi connectivity index (χ1v) is 18.9. The van der Waals surface area contributed by atoms with E-state index >= 15 is 0 Å². The first kappa shape index (κ1) is 42.2. The highest BCUT2D eigenvalue weighted by molar-refractivity contribution is 6.13. The number of ether oxygens (including phenoxy) is 4. The van der Waals surface area contributed by atoms with E-state index in [4.69, 9.17) is 18.9 Å². The number of fused-ring (bicyclic) bond motifs is 1. The second kappa shape index (κ2) is 22.0. The molecule has 0 spiro atoms. The minimum atomic E-state index is -0.556. The van der Waals surface area contributed by atoms with Crippen LogP contribution in [0.2, 0.25) is 0 Å². The predicted octanol–water partition coefficient (Wildman–Crippen LogP) is 5.38. The molecule has 12 heteroatoms. The number of hydrogen-bond donors (Lipinski definition) is 0. The van der Waals surface area contributed by atoms with Crippen LogP contribution in [0.15, 0.2) is 24.3 Å². The molecule has 8 unspecified atom stereocenters. The molecule has 4 aliphatic rings. The van der Waals surface area contributed by atoms with Crippen molar-refractivity contribution in [3.05, 3.63) is 24.3 Å². The normalized spacial score (nSPS) is 25.6. The van der Waals surface area contributed by atoms with E-state index in [1.807, 2.05) is 6.92 Å². The molecule has 0 radical (unpaired) electrons. The Morgan fingerprint density at radius 1 is 0.804 bits per heavy atom. The van der Waals surface area contributed by atoms with Crippen molar-refractivity contribution in [1.82, 2.24) is 9.80 Å². The molecule has 0 N–H and O–H groups in total. The number of methoxy groups -OCH3 is 1. The summed E-state index contributed by atoms with van der Waals surface area (Å²) in [6.45, 7) is 10.6. The average molecular weight is 717 g/mol. The number of unbranched alkanes of at least 4 members (excludes halogenated alkanes) is 5. The van der Waals surface area contributed by atoms with Gasteiger partial charge in [0.2, 0.25) is 0 Å². The van der Waals surface area contributed by atoms with Gasteiger partial charge in [0.1, 0.15) is 6.29 Å². The monoisotopic (exact) mass is 716 g/mol. The van der Waals surface area contributed by atoms with Crippen molar-refractivity contribution in [2.24, 2.45) is 35.5 Å². The van der Waals surface area contributed by atoms with Crippen molar-refractivity contribution in [3.63, 3.8) is 0 Å². The van der Waals surface area contributed by atoms with E-state index in [9.17, 15) is 28.8 Å². The molecule has 286 valence electrons. The van der Waals surface area contributed by atoms with E-state index in [0.29, 0.717) is 63.1 Å². The lowest BCUT2D eigenvalue weighted by Gasteiger charge is -2.29. The largest absolute Gasteiger partial charge is 0.436 e. The second-order valence-corrected chi connectivity index (χ2v) is 14.4. The Balaban J connectivity index is 0.000000419. The van der Waals surface area contributed by atoms with Crippen molar-refractivity contribution in [1.29, 1.82) is 0 Å². The molecule has 2 aliphatic heterocycles. The first-order chi connectivity index (χ1) is 24.5. The van der Waals surface area contributed by atoms with Crippen LogP contribution in [-0.4, -0.2) is 91.7 Å². The van der Waals surface area contributed by atoms with E-state index in [2.05, 4.69) is 13.8 Å². The Kier molecular flexibility index (Phi) is 18.2. The summed E-state index contributed by atoms with van der Waals surface area (Å²) in [4.78, 5) is 69.9. The number of rotatable bonds is 22. The fourth-order valence-electron chi connectivity index (χ4n) is 7.93. The molecule has 2 saturated carbocycles. The predicted molar refractivity (Wildman–Crippen MR) is 189 cm³/mol. The minimum Gasteiger partial charge on any atom is -0.436 e. The standard InChI is InChI=1S/C29H47NO7.C10H13NO3/c1-6-23(18-36-20(3)34-5)25-14-19(2)24-15-22(16-26(24)25)17-35-21(4)37-29(33)10-8-7-9-13-30-27(31)11-12-28(30)32;12-8-4-2-1-3-7-11-9(13)5-6-10(11)14/h11-12,19-26H,6-10,13-18H2,1-5H3;5-6,8H,1-4,7H2. The highest BCUT2D eigenvalue weighted by atomic mass is 16.7. The fraction of sp³-hybridized carbons (Fsp3) is 0.744. The van der Waals surface area contributed by atoms with E-state index in [1.165, 1.54) is 53.4 Å². The molecule has 2 aliphatic carbocycles. The quantitative estimate of drug-likeness (QED) is 0.0471. The Hall–Kier alpha value is -3.22. The van der Waals surface area contributed by atoms with Crippen LogP contribution in [0.5, 0.6) is 0 Å². The summed E-state index contributed by atoms with van der Waals surface area (Å²) in [7, 11) is 1.68. The molecule has 12 nitrogen and oxygen atoms in total. The number of aldehydes is 1. The summed E-state index contributed by atoms with van der Waals surface area (Å²) >= 11 is 0. The Morgan fingerprint density at radius 3 is 1.92 bits per heavy atom. The van der Waals surface area contributed by atoms with E-state index < -0.39 is 6.29 Å². The first-order valence-electron chi connectivity index (χ1n) is 18.9. The van der Waals surface area contributed by atoms with Gasteiger partial charge in [-0.15, -0.1) is 0 Å². The molecule has 2 heterocycles. The zero-order valence-electron chi connectivity index (χ0n) is 31.3. The van der Waals surface area contributed by atoms with Crippen LogP contribution in [0.3, 0.4) is 0 Å². The molecule has 4 amide bonds. The van der Waals surface area contributed by atoms with Gasteiger partial charge < -0.3 is 23.7 Å². The average Bonchev–Trinajstić information content (AvgIpc) is 3.85. The lowest BCUT2D eigenvalue weighted by molar-refractivity contribution is -0.177. The van der Waals surface area contributed by atoms with Gasteiger partial charge in [-0.3, -0.25) is 33.8 Å². The smallest absolute Gasteiger partial charge is 0.308 e. The van der Waals surface area contributed by atoms with Gasteiger partial charge in [-0.05, 0) is 94.3 Å². The number of amides is 4. The maximum Gasteiger partial charge on any atom is 0.308 e. The van der Waals surface area contributed by atoms with Gasteiger partial charge >= 0.3 is 5.97 Å². The highest BCUT2D eigenvalue weighted by Crippen LogP contribution is 2.55. The molecule has 8 atom stereocenters. The maximum atomic E-state index is 12.2. The molecular formula is C39H60N2O10. The van der Waals surface area contributed by atoms with Gasteiger partial charge in [0.15, 0.2) is 12.6 Å². The molecule has 0 saturated heterocycles. The highest BCUT2D eigenvalue weighted by Gasteiger charge is 2.49. The topological polar surface area (TPSA) is 146 Å². The number of imide groups is 2. The lowest BCUT2D eigenvalue weighted by atomic mass is 9.80. The number of carbonyl (C=O) groups is 6. The maximum absolute atomic E-state index is 12.2. The second-order valence-electron chi connectivity index (χ2n) is 14.4. The summed E-state index contributed by atoms with van der Waals surface area (Å²) in [5, 5.41) is 0. The summed E-state index contributed by atoms with van der Waals surface area (Å²) in [6.07, 6.45) is 15.5. The summed E-state index contributed by atoms with van der Waals surface area (Å²) in [5.41, 5.74) is 0. The Morgan fingerprint density at radius 2 is 1.37 bits per heavy atom. The van der Waals surface area contributed by atoms with Crippen LogP contribution in [-0.2, 0) is 47.7 Å². The Bertz CT molecular complexity index is 1200. The van der Waals surface area contributed by atoms with Crippen LogP contribution in [0, 0.1) is 35.5 Å². The number of nitrogens with zero attached hydrogens (tertiary/aromatic N) is 2. The molecule has 0 aromatic rings. The third kappa shape index (κ3) is 13.4. The van der Waals surface area contributed by atoms with E-state index in [1.54, 1.807) is 14.0 Å². The van der Waals surface area contributed by atoms with Crippen molar-refractivity contribution >= 4 is 35.9 Å². The van der Waals surface area contributed by atoms with Gasteiger partial charge in [-0.25, -0.2) is 0 Å². The van der Waals surface area contributed by atoms with Gasteiger partial charge in [0.05, 0.1) is 13.2 Å². The third-order valence-corrected chi connectivity index (χ3v) is 10.8. The molecule has 0 aromatic carbocycles. The molecule has 4 rings (SSSR count). The van der Waals surface area contributed by atoms with E-state index in [-0.39, 0.29) is 35.9 Å². The SMILES string of the molecule is CCC(COC(C)OC)C1CC(C)C2CC(COC(C)OC(=O)CCCCCN3C(=O)C=CC3=O)CC21.O=CCCCCCN1C(=O)C=CC1=O. The zero-order valence-corrected chi connectivity index (χ0v) is 31.3. The van der Waals surface area contributed by atoms with Crippen molar-refractivity contribution in [3.8, 4) is 0 Å².